The molecule has 0 unspecified atom stereocenters. The minimum Gasteiger partial charge on any atom is -0.508 e. The number of imidazole rings is 2. The van der Waals surface area contributed by atoms with Crippen LogP contribution < -0.4 is 102 Å². The van der Waals surface area contributed by atoms with Gasteiger partial charge in [0.05, 0.1) is 50.9 Å². The molecule has 0 aliphatic carbocycles. The number of aliphatic hydroxyl groups is 1. The minimum absolute atomic E-state index is 0.00720. The van der Waals surface area contributed by atoms with Crippen LogP contribution >= 0.6 is 0 Å². The number of carboxylic acid groups (broad SMARTS) is 1. The number of hydrogen-bond acceptors (Lipinski definition) is 24. The summed E-state index contributed by atoms with van der Waals surface area (Å²) in [5, 5.41) is 68.9. The number of H-pyrrole nitrogens is 2. The average Bonchev–Trinajstić information content (AvgIpc) is 1.27. The Morgan fingerprint density at radius 3 is 1.21 bits per heavy atom. The first-order valence-corrected chi connectivity index (χ1v) is 40.8. The van der Waals surface area contributed by atoms with E-state index in [1.807, 2.05) is 0 Å². The van der Waals surface area contributed by atoms with Crippen molar-refractivity contribution in [2.75, 3.05) is 19.6 Å². The summed E-state index contributed by atoms with van der Waals surface area (Å²) >= 11 is 0. The van der Waals surface area contributed by atoms with Crippen LogP contribution in [0.2, 0.25) is 0 Å². The number of aromatic nitrogens is 4. The Hall–Kier alpha value is -12.7. The van der Waals surface area contributed by atoms with E-state index in [1.165, 1.54) is 77.0 Å². The summed E-state index contributed by atoms with van der Waals surface area (Å²) in [6, 6.07) is -14.0. The third-order valence-electron chi connectivity index (χ3n) is 19.1. The summed E-state index contributed by atoms with van der Waals surface area (Å²) < 4.78 is 0. The molecule has 45 nitrogen and oxygen atoms in total. The third kappa shape index (κ3) is 39.0. The smallest absolute Gasteiger partial charge is 0.303 e. The van der Waals surface area contributed by atoms with Gasteiger partial charge in [-0.3, -0.25) is 91.1 Å². The van der Waals surface area contributed by atoms with Crippen molar-refractivity contribution in [3.05, 3.63) is 66.3 Å². The van der Waals surface area contributed by atoms with E-state index in [4.69, 9.17) is 17.2 Å². The highest BCUT2D eigenvalue weighted by molar-refractivity contribution is 6.01. The number of primary amides is 2. The Bertz CT molecular complexity index is 4130. The summed E-state index contributed by atoms with van der Waals surface area (Å²) in [6.45, 7) is 20.0. The lowest BCUT2D eigenvalue weighted by atomic mass is 9.96. The van der Waals surface area contributed by atoms with Crippen molar-refractivity contribution in [1.82, 2.24) is 105 Å². The van der Waals surface area contributed by atoms with Crippen molar-refractivity contribution >= 4 is 112 Å². The number of benzene rings is 1. The van der Waals surface area contributed by atoms with Gasteiger partial charge in [0.2, 0.25) is 106 Å². The van der Waals surface area contributed by atoms with Gasteiger partial charge in [0.1, 0.15) is 84.3 Å². The molecule has 0 saturated carbocycles. The van der Waals surface area contributed by atoms with Gasteiger partial charge < -0.3 is 128 Å². The van der Waals surface area contributed by atoms with Gasteiger partial charge in [-0.15, -0.1) is 0 Å². The second-order valence-electron chi connectivity index (χ2n) is 32.2. The number of phenols is 1. The SMILES string of the molecule is CC[C@H](C)[C@H](NC(=O)CNC(=O)[C@H](C)NC(=O)[C@H](C)NC(=O)[C@@H](Cc1cnc[nH]1)NC(=O)[C@H](CC(N)=O)NC(=O)CNC(=O)[C@H](C)NC(=O)CNC(=O)[C@H](Cc1cnc[nH]1)NC(=O)[C@H](CC(C)C)NC(=O)[C@H](CC(C)C)NC(=O)[C@H](CCC(=O)O)NC(=O)[C@@H](N)Cc1ccc(O)cc1)C(=O)N[C@@H](CC(C)C)C(=O)N[C@H](C(=O)N[C@@H](CC(C)C)C(N)=O)[C@@H](C)O. The summed E-state index contributed by atoms with van der Waals surface area (Å²) in [5.74, 6) is -19.5. The summed E-state index contributed by atoms with van der Waals surface area (Å²) in [5.41, 5.74) is 18.3. The van der Waals surface area contributed by atoms with Crippen LogP contribution in [0.3, 0.4) is 0 Å². The number of carboxylic acids is 1. The van der Waals surface area contributed by atoms with E-state index in [0.717, 1.165) is 0 Å². The molecule has 0 aliphatic heterocycles. The number of hydrogen-bond donors (Lipinski definition) is 24. The third-order valence-corrected chi connectivity index (χ3v) is 19.1. The zero-order valence-corrected chi connectivity index (χ0v) is 72.3. The molecule has 27 N–H and O–H groups in total. The highest BCUT2D eigenvalue weighted by Gasteiger charge is 2.39. The lowest BCUT2D eigenvalue weighted by Gasteiger charge is -2.29. The molecule has 688 valence electrons. The van der Waals surface area contributed by atoms with Crippen LogP contribution in [-0.2, 0) is 110 Å². The molecule has 1 aromatic carbocycles. The average molecular weight is 1750 g/mol. The zero-order chi connectivity index (χ0) is 93.5. The molecule has 18 amide bonds. The van der Waals surface area contributed by atoms with Crippen LogP contribution in [-0.4, -0.2) is 258 Å². The van der Waals surface area contributed by atoms with Gasteiger partial charge in [0, 0.05) is 43.0 Å². The van der Waals surface area contributed by atoms with Crippen LogP contribution in [0.15, 0.2) is 49.3 Å². The van der Waals surface area contributed by atoms with Crippen molar-refractivity contribution in [3.8, 4) is 5.75 Å². The maximum atomic E-state index is 14.3. The molecule has 0 fully saturated rings. The van der Waals surface area contributed by atoms with Crippen LogP contribution in [0.25, 0.3) is 0 Å². The predicted molar refractivity (Wildman–Crippen MR) is 444 cm³/mol. The van der Waals surface area contributed by atoms with E-state index in [9.17, 15) is 106 Å². The van der Waals surface area contributed by atoms with Gasteiger partial charge in [-0.2, -0.15) is 0 Å². The molecule has 45 heteroatoms. The number of carbonyl (C=O) groups is 19. The van der Waals surface area contributed by atoms with Gasteiger partial charge >= 0.3 is 5.97 Å². The van der Waals surface area contributed by atoms with E-state index in [2.05, 4.69) is 105 Å². The van der Waals surface area contributed by atoms with Crippen molar-refractivity contribution in [2.45, 2.75) is 258 Å². The van der Waals surface area contributed by atoms with Crippen molar-refractivity contribution < 1.29 is 106 Å². The van der Waals surface area contributed by atoms with Crippen molar-refractivity contribution in [2.24, 2.45) is 46.8 Å². The lowest BCUT2D eigenvalue weighted by molar-refractivity contribution is -0.138. The molecule has 0 spiro atoms. The Balaban J connectivity index is 1.65. The fourth-order valence-corrected chi connectivity index (χ4v) is 12.2. The number of nitrogens with zero attached hydrogens (tertiary/aromatic N) is 2. The number of nitrogens with one attached hydrogen (secondary N) is 18. The molecule has 16 atom stereocenters. The number of aromatic amines is 2. The van der Waals surface area contributed by atoms with E-state index in [-0.39, 0.29) is 80.1 Å². The molecule has 0 saturated heterocycles. The van der Waals surface area contributed by atoms with Gasteiger partial charge in [-0.1, -0.05) is 87.8 Å². The molecule has 0 bridgehead atoms. The molecule has 2 heterocycles. The first-order valence-electron chi connectivity index (χ1n) is 40.8. The number of aliphatic carboxylic acids is 1. The second-order valence-corrected chi connectivity index (χ2v) is 32.2. The molecule has 0 radical (unpaired) electrons. The van der Waals surface area contributed by atoms with Gasteiger partial charge in [-0.25, -0.2) is 9.97 Å². The largest absolute Gasteiger partial charge is 0.508 e. The number of rotatable bonds is 55. The fourth-order valence-electron chi connectivity index (χ4n) is 12.2. The van der Waals surface area contributed by atoms with Gasteiger partial charge in [0.25, 0.3) is 0 Å². The topological polar surface area (TPSA) is 713 Å². The molecule has 3 aromatic rings. The number of aliphatic hydroxyl groups excluding tert-OH is 1. The molecule has 124 heavy (non-hydrogen) atoms. The van der Waals surface area contributed by atoms with Crippen LogP contribution in [0, 0.1) is 29.6 Å². The maximum Gasteiger partial charge on any atom is 0.303 e. The number of aromatic hydroxyl groups is 1. The Kier molecular flexibility index (Phi) is 44.7. The van der Waals surface area contributed by atoms with Crippen LogP contribution in [0.4, 0.5) is 0 Å². The molecule has 3 rings (SSSR count). The van der Waals surface area contributed by atoms with Crippen molar-refractivity contribution in [1.29, 1.82) is 0 Å². The quantitative estimate of drug-likeness (QED) is 0.0250. The first-order chi connectivity index (χ1) is 58.1. The van der Waals surface area contributed by atoms with E-state index in [0.29, 0.717) is 17.7 Å². The summed E-state index contributed by atoms with van der Waals surface area (Å²) in [6.07, 6.45) is 1.84. The van der Waals surface area contributed by atoms with E-state index < -0.39 is 248 Å². The Labute approximate surface area is 717 Å². The zero-order valence-electron chi connectivity index (χ0n) is 72.3. The maximum absolute atomic E-state index is 14.3. The molecule has 2 aromatic heterocycles. The summed E-state index contributed by atoms with van der Waals surface area (Å²) in [4.78, 5) is 268. The highest BCUT2D eigenvalue weighted by atomic mass is 16.4. The van der Waals surface area contributed by atoms with Crippen LogP contribution in [0.1, 0.15) is 165 Å². The predicted octanol–water partition coefficient (Wildman–Crippen LogP) is -6.26. The Morgan fingerprint density at radius 2 is 0.766 bits per heavy atom. The molecule has 0 aliphatic rings. The number of nitrogens with two attached hydrogens (primary N) is 3. The number of amides is 18. The van der Waals surface area contributed by atoms with E-state index >= 15 is 0 Å². The Morgan fingerprint density at radius 1 is 0.395 bits per heavy atom. The number of phenolic OH excluding ortho intramolecular Hbond substituents is 1. The highest BCUT2D eigenvalue weighted by Crippen LogP contribution is 2.17. The minimum atomic E-state index is -1.81. The standard InChI is InChI=1S/C79H125N23O22/c1-15-41(10)64(78(123)100-55(25-40(8)9)77(122)102-65(45(14)103)79(124)95-52(66(82)111)22-37(2)3)101-62(108)34-86-68(113)43(12)91-69(114)44(13)92-73(118)57(28-48-31-84-36-89-48)99-76(121)58(29-59(81)105)93-61(107)33-85-67(112)42(11)90-60(106)32-87-71(116)56(27-47-30-83-35-88-47)98-75(120)54(24-39(6)7)97-74(119)53(23-38(4)5)96-72(117)51(20-21-63(109)110)94-70(115)50(80)26-46-16-18-49(104)19-17-46/h16-19,30-31,35-45,50-58,64-65,103-104H,15,20-29,32-34,80H2,1-14H3,(H2,81,105)(H2,82,111)(H,83,88)(H,84,89)(H,85,112)(H,86,113)(H,87,116)(H,90,106)(H,91,114)(H,92,118)(H,93,107)(H,94,115)(H,95,124)(H,96,117)(H,97,119)(H,98,120)(H,99,121)(H,100,123)(H,101,108)(H,102,122)(H,109,110)/t41-,42-,43-,44-,45+,50-,51-,52-,53-,54-,55-,56-,57+,58-,64-,65-/m0/s1. The van der Waals surface area contributed by atoms with Crippen molar-refractivity contribution in [3.63, 3.8) is 0 Å². The first kappa shape index (κ1) is 105. The summed E-state index contributed by atoms with van der Waals surface area (Å²) in [7, 11) is 0. The fraction of sp³-hybridized carbons (Fsp3) is 0.608. The van der Waals surface area contributed by atoms with Gasteiger partial charge in [-0.05, 0) is 114 Å². The van der Waals surface area contributed by atoms with Crippen LogP contribution in [0.5, 0.6) is 5.75 Å². The lowest BCUT2D eigenvalue weighted by Crippen LogP contribution is -2.61. The second kappa shape index (κ2) is 52.6. The van der Waals surface area contributed by atoms with Gasteiger partial charge in [0.15, 0.2) is 0 Å². The van der Waals surface area contributed by atoms with E-state index in [1.54, 1.807) is 69.2 Å². The monoisotopic (exact) mass is 1750 g/mol. The number of carbonyl (C=O) groups excluding carboxylic acids is 18. The molecular formula is C79H125N23O22. The molecular weight excluding hydrogens is 1620 g/mol. The normalized spacial score (nSPS) is 15.1.